The summed E-state index contributed by atoms with van der Waals surface area (Å²) >= 11 is 0. The molecule has 3 rings (SSSR count). The number of rotatable bonds is 5. The molecule has 2 heterocycles. The molecule has 2 aromatic rings. The maximum absolute atomic E-state index is 14.3. The van der Waals surface area contributed by atoms with E-state index in [4.69, 9.17) is 0 Å². The first-order chi connectivity index (χ1) is 11.7. The molecule has 1 fully saturated rings. The lowest BCUT2D eigenvalue weighted by Gasteiger charge is -2.31. The van der Waals surface area contributed by atoms with Crippen molar-refractivity contribution in [3.63, 3.8) is 0 Å². The topological polar surface area (TPSA) is 41.1 Å². The minimum Gasteiger partial charge on any atom is -0.317 e. The van der Waals surface area contributed by atoms with Gasteiger partial charge in [-0.3, -0.25) is 4.90 Å². The molecule has 0 spiro atoms. The monoisotopic (exact) mass is 364 g/mol. The SMILES string of the molecule is Cc1ccc(F)c(CN(Cc2cncnc2)C2CCCNCC2)c1.Cl. The molecule has 1 aromatic heterocycles. The van der Waals surface area contributed by atoms with E-state index in [1.165, 1.54) is 0 Å². The summed E-state index contributed by atoms with van der Waals surface area (Å²) in [6.45, 7) is 5.46. The first kappa shape index (κ1) is 19.8. The molecule has 0 saturated carbocycles. The molecule has 25 heavy (non-hydrogen) atoms. The van der Waals surface area contributed by atoms with Crippen LogP contribution in [0.4, 0.5) is 4.39 Å². The summed E-state index contributed by atoms with van der Waals surface area (Å²) in [5.74, 6) is -0.123. The Morgan fingerprint density at radius 1 is 1.16 bits per heavy atom. The lowest BCUT2D eigenvalue weighted by atomic mass is 10.0. The van der Waals surface area contributed by atoms with Gasteiger partial charge in [-0.1, -0.05) is 17.7 Å². The van der Waals surface area contributed by atoms with E-state index in [-0.39, 0.29) is 18.2 Å². The summed E-state index contributed by atoms with van der Waals surface area (Å²) in [6.07, 6.45) is 8.62. The van der Waals surface area contributed by atoms with Crippen molar-refractivity contribution in [2.24, 2.45) is 0 Å². The van der Waals surface area contributed by atoms with Crippen molar-refractivity contribution in [3.8, 4) is 0 Å². The Morgan fingerprint density at radius 3 is 2.76 bits per heavy atom. The molecule has 0 bridgehead atoms. The van der Waals surface area contributed by atoms with E-state index < -0.39 is 0 Å². The molecule has 1 N–H and O–H groups in total. The number of nitrogens with one attached hydrogen (secondary N) is 1. The van der Waals surface area contributed by atoms with Gasteiger partial charge in [-0.05, 0) is 45.3 Å². The van der Waals surface area contributed by atoms with E-state index in [0.717, 1.165) is 55.6 Å². The fraction of sp³-hybridized carbons (Fsp3) is 0.474. The number of hydrogen-bond acceptors (Lipinski definition) is 4. The molecule has 1 unspecified atom stereocenters. The van der Waals surface area contributed by atoms with Crippen LogP contribution in [0, 0.1) is 12.7 Å². The van der Waals surface area contributed by atoms with Crippen LogP contribution < -0.4 is 5.32 Å². The maximum Gasteiger partial charge on any atom is 0.127 e. The van der Waals surface area contributed by atoms with Gasteiger partial charge in [0.15, 0.2) is 0 Å². The Hall–Kier alpha value is -1.56. The Kier molecular flexibility index (Phi) is 7.75. The van der Waals surface area contributed by atoms with Gasteiger partial charge in [0, 0.05) is 42.7 Å². The zero-order chi connectivity index (χ0) is 16.8. The van der Waals surface area contributed by atoms with Crippen molar-refractivity contribution in [3.05, 3.63) is 59.4 Å². The summed E-state index contributed by atoms with van der Waals surface area (Å²) in [4.78, 5) is 10.6. The van der Waals surface area contributed by atoms with E-state index in [2.05, 4.69) is 20.2 Å². The lowest BCUT2D eigenvalue weighted by Crippen LogP contribution is -2.35. The molecule has 0 radical (unpaired) electrons. The molecule has 0 aliphatic carbocycles. The van der Waals surface area contributed by atoms with Crippen LogP contribution >= 0.6 is 12.4 Å². The van der Waals surface area contributed by atoms with Crippen molar-refractivity contribution < 1.29 is 4.39 Å². The van der Waals surface area contributed by atoms with Crippen molar-refractivity contribution in [2.45, 2.75) is 45.3 Å². The van der Waals surface area contributed by atoms with Gasteiger partial charge in [-0.2, -0.15) is 0 Å². The quantitative estimate of drug-likeness (QED) is 0.881. The average Bonchev–Trinajstić information content (AvgIpc) is 2.88. The fourth-order valence-electron chi connectivity index (χ4n) is 3.37. The van der Waals surface area contributed by atoms with Crippen LogP contribution in [0.1, 0.15) is 36.0 Å². The minimum absolute atomic E-state index is 0. The highest BCUT2D eigenvalue weighted by Crippen LogP contribution is 2.21. The van der Waals surface area contributed by atoms with Crippen molar-refractivity contribution in [1.29, 1.82) is 0 Å². The van der Waals surface area contributed by atoms with Crippen LogP contribution in [-0.4, -0.2) is 34.0 Å². The molecule has 1 saturated heterocycles. The first-order valence-electron chi connectivity index (χ1n) is 8.66. The van der Waals surface area contributed by atoms with E-state index in [0.29, 0.717) is 12.6 Å². The molecular weight excluding hydrogens is 339 g/mol. The van der Waals surface area contributed by atoms with Crippen LogP contribution in [0.3, 0.4) is 0 Å². The second-order valence-electron chi connectivity index (χ2n) is 6.58. The second-order valence-corrected chi connectivity index (χ2v) is 6.58. The highest BCUT2D eigenvalue weighted by atomic mass is 35.5. The molecule has 1 aromatic carbocycles. The molecule has 6 heteroatoms. The minimum atomic E-state index is -0.123. The molecule has 0 amide bonds. The van der Waals surface area contributed by atoms with Gasteiger partial charge in [0.1, 0.15) is 12.1 Å². The number of halogens is 2. The summed E-state index contributed by atoms with van der Waals surface area (Å²) in [7, 11) is 0. The highest BCUT2D eigenvalue weighted by molar-refractivity contribution is 5.85. The summed E-state index contributed by atoms with van der Waals surface area (Å²) < 4.78 is 14.3. The van der Waals surface area contributed by atoms with Crippen molar-refractivity contribution >= 4 is 12.4 Å². The lowest BCUT2D eigenvalue weighted by molar-refractivity contribution is 0.162. The normalized spacial score (nSPS) is 17.8. The average molecular weight is 365 g/mol. The number of aryl methyl sites for hydroxylation is 1. The van der Waals surface area contributed by atoms with Gasteiger partial charge in [0.25, 0.3) is 0 Å². The van der Waals surface area contributed by atoms with E-state index in [9.17, 15) is 4.39 Å². The van der Waals surface area contributed by atoms with E-state index in [1.807, 2.05) is 31.5 Å². The third kappa shape index (κ3) is 5.73. The Labute approximate surface area is 155 Å². The summed E-state index contributed by atoms with van der Waals surface area (Å²) in [5.41, 5.74) is 2.93. The second kappa shape index (κ2) is 9.80. The van der Waals surface area contributed by atoms with Crippen LogP contribution in [0.5, 0.6) is 0 Å². The van der Waals surface area contributed by atoms with Gasteiger partial charge in [0.2, 0.25) is 0 Å². The van der Waals surface area contributed by atoms with E-state index >= 15 is 0 Å². The molecule has 136 valence electrons. The molecule has 1 aliphatic heterocycles. The first-order valence-corrected chi connectivity index (χ1v) is 8.66. The van der Waals surface area contributed by atoms with Crippen LogP contribution in [0.2, 0.25) is 0 Å². The third-order valence-electron chi connectivity index (χ3n) is 4.64. The Morgan fingerprint density at radius 2 is 1.96 bits per heavy atom. The number of nitrogens with zero attached hydrogens (tertiary/aromatic N) is 3. The predicted octanol–water partition coefficient (Wildman–Crippen LogP) is 3.49. The zero-order valence-electron chi connectivity index (χ0n) is 14.6. The highest BCUT2D eigenvalue weighted by Gasteiger charge is 2.21. The molecule has 4 nitrogen and oxygen atoms in total. The number of aromatic nitrogens is 2. The van der Waals surface area contributed by atoms with Crippen molar-refractivity contribution in [2.75, 3.05) is 13.1 Å². The van der Waals surface area contributed by atoms with Crippen LogP contribution in [0.15, 0.2) is 36.9 Å². The summed E-state index contributed by atoms with van der Waals surface area (Å²) in [6, 6.07) is 5.80. The number of hydrogen-bond donors (Lipinski definition) is 1. The summed E-state index contributed by atoms with van der Waals surface area (Å²) in [5, 5.41) is 3.45. The van der Waals surface area contributed by atoms with Crippen LogP contribution in [0.25, 0.3) is 0 Å². The van der Waals surface area contributed by atoms with Crippen LogP contribution in [-0.2, 0) is 13.1 Å². The number of benzene rings is 1. The van der Waals surface area contributed by atoms with Gasteiger partial charge in [0.05, 0.1) is 0 Å². The fourth-order valence-corrected chi connectivity index (χ4v) is 3.37. The van der Waals surface area contributed by atoms with Gasteiger partial charge < -0.3 is 5.32 Å². The Bertz CT molecular complexity index is 645. The van der Waals surface area contributed by atoms with Gasteiger partial charge in [-0.25, -0.2) is 14.4 Å². The van der Waals surface area contributed by atoms with Gasteiger partial charge >= 0.3 is 0 Å². The molecular formula is C19H26ClFN4. The molecule has 1 aliphatic rings. The predicted molar refractivity (Wildman–Crippen MR) is 100 cm³/mol. The largest absolute Gasteiger partial charge is 0.317 e. The van der Waals surface area contributed by atoms with Crippen molar-refractivity contribution in [1.82, 2.24) is 20.2 Å². The maximum atomic E-state index is 14.3. The standard InChI is InChI=1S/C19H25FN4.ClH/c1-15-4-5-19(20)17(9-15)13-24(12-16-10-22-14-23-11-16)18-3-2-7-21-8-6-18;/h4-5,9-11,14,18,21H,2-3,6-8,12-13H2,1H3;1H. The van der Waals surface area contributed by atoms with E-state index in [1.54, 1.807) is 12.4 Å². The Balaban J connectivity index is 0.00000225. The zero-order valence-corrected chi connectivity index (χ0v) is 15.4. The van der Waals surface area contributed by atoms with Gasteiger partial charge in [-0.15, -0.1) is 12.4 Å². The smallest absolute Gasteiger partial charge is 0.127 e. The molecule has 1 atom stereocenters. The third-order valence-corrected chi connectivity index (χ3v) is 4.64.